The Morgan fingerprint density at radius 2 is 2.11 bits per heavy atom. The van der Waals surface area contributed by atoms with Crippen molar-refractivity contribution < 1.29 is 14.3 Å². The first kappa shape index (κ1) is 13.4. The van der Waals surface area contributed by atoms with Crippen molar-refractivity contribution in [2.75, 3.05) is 23.9 Å². The smallest absolute Gasteiger partial charge is 0.340 e. The first-order chi connectivity index (χ1) is 8.92. The Morgan fingerprint density at radius 1 is 1.42 bits per heavy atom. The molecule has 0 aromatic heterocycles. The highest BCUT2D eigenvalue weighted by Gasteiger charge is 2.39. The Bertz CT molecular complexity index is 537. The van der Waals surface area contributed by atoms with Gasteiger partial charge < -0.3 is 15.0 Å². The maximum absolute atomic E-state index is 12.4. The van der Waals surface area contributed by atoms with E-state index in [1.165, 1.54) is 7.11 Å². The lowest BCUT2D eigenvalue weighted by molar-refractivity contribution is -0.122. The molecule has 1 aliphatic heterocycles. The Hall–Kier alpha value is -2.04. The molecule has 1 aromatic carbocycles. The highest BCUT2D eigenvalue weighted by molar-refractivity contribution is 6.12. The van der Waals surface area contributed by atoms with Gasteiger partial charge in [-0.25, -0.2) is 4.79 Å². The second-order valence-electron chi connectivity index (χ2n) is 4.99. The van der Waals surface area contributed by atoms with Gasteiger partial charge >= 0.3 is 5.97 Å². The number of benzene rings is 1. The van der Waals surface area contributed by atoms with Crippen molar-refractivity contribution in [1.82, 2.24) is 0 Å². The number of nitrogens with zero attached hydrogens (tertiary/aromatic N) is 1. The van der Waals surface area contributed by atoms with Gasteiger partial charge in [-0.1, -0.05) is 6.07 Å². The number of esters is 1. The van der Waals surface area contributed by atoms with E-state index in [9.17, 15) is 9.59 Å². The van der Waals surface area contributed by atoms with Crippen LogP contribution >= 0.6 is 0 Å². The molecule has 0 aliphatic carbocycles. The van der Waals surface area contributed by atoms with Crippen LogP contribution in [-0.4, -0.2) is 31.1 Å². The third-order valence-electron chi connectivity index (χ3n) is 3.25. The summed E-state index contributed by atoms with van der Waals surface area (Å²) in [6.07, 6.45) is 0. The zero-order valence-corrected chi connectivity index (χ0v) is 11.6. The van der Waals surface area contributed by atoms with Gasteiger partial charge in [0.05, 0.1) is 24.0 Å². The summed E-state index contributed by atoms with van der Waals surface area (Å²) in [4.78, 5) is 25.9. The van der Waals surface area contributed by atoms with E-state index in [1.54, 1.807) is 17.0 Å². The lowest BCUT2D eigenvalue weighted by Gasteiger charge is -2.40. The second kappa shape index (κ2) is 4.57. The molecule has 1 heterocycles. The minimum Gasteiger partial charge on any atom is -0.465 e. The molecule has 1 aliphatic rings. The number of rotatable bonds is 2. The third kappa shape index (κ3) is 2.05. The number of amides is 1. The van der Waals surface area contributed by atoms with Crippen LogP contribution in [0.5, 0.6) is 0 Å². The number of likely N-dealkylation sites (N-methyl/N-ethyl adjacent to an activating group) is 1. The van der Waals surface area contributed by atoms with Crippen LogP contribution in [0.4, 0.5) is 11.4 Å². The Balaban J connectivity index is 2.64. The largest absolute Gasteiger partial charge is 0.465 e. The van der Waals surface area contributed by atoms with E-state index in [4.69, 9.17) is 4.74 Å². The number of ether oxygens (including phenoxy) is 1. The molecule has 0 spiro atoms. The van der Waals surface area contributed by atoms with Crippen molar-refractivity contribution in [2.24, 2.45) is 0 Å². The fourth-order valence-corrected chi connectivity index (χ4v) is 2.34. The van der Waals surface area contributed by atoms with Crippen LogP contribution in [-0.2, 0) is 9.53 Å². The molecule has 0 saturated carbocycles. The molecular formula is C14H18N2O3. The van der Waals surface area contributed by atoms with E-state index >= 15 is 0 Å². The van der Waals surface area contributed by atoms with Gasteiger partial charge in [-0.05, 0) is 32.9 Å². The molecule has 1 amide bonds. The standard InChI is InChI=1S/C14H18N2O3/c1-5-16-11-9(12(17)19-4)7-6-8-10(11)15-14(2,3)13(16)18/h6-8,15H,5H2,1-4H3. The lowest BCUT2D eigenvalue weighted by Crippen LogP contribution is -2.54. The van der Waals surface area contributed by atoms with Gasteiger partial charge in [-0.15, -0.1) is 0 Å². The van der Waals surface area contributed by atoms with Crippen LogP contribution in [0.2, 0.25) is 0 Å². The molecule has 0 saturated heterocycles. The van der Waals surface area contributed by atoms with Gasteiger partial charge in [-0.2, -0.15) is 0 Å². The summed E-state index contributed by atoms with van der Waals surface area (Å²) in [7, 11) is 1.33. The summed E-state index contributed by atoms with van der Waals surface area (Å²) in [5.41, 5.74) is 1.09. The number of hydrogen-bond donors (Lipinski definition) is 1. The van der Waals surface area contributed by atoms with E-state index in [2.05, 4.69) is 5.32 Å². The molecule has 0 atom stereocenters. The highest BCUT2D eigenvalue weighted by atomic mass is 16.5. The van der Waals surface area contributed by atoms with Crippen LogP contribution in [0.3, 0.4) is 0 Å². The number of methoxy groups -OCH3 is 1. The monoisotopic (exact) mass is 262 g/mol. The summed E-state index contributed by atoms with van der Waals surface area (Å²) < 4.78 is 4.78. The quantitative estimate of drug-likeness (QED) is 0.828. The average molecular weight is 262 g/mol. The number of fused-ring (bicyclic) bond motifs is 1. The van der Waals surface area contributed by atoms with Gasteiger partial charge in [0, 0.05) is 6.54 Å². The van der Waals surface area contributed by atoms with Crippen molar-refractivity contribution in [3.8, 4) is 0 Å². The minimum atomic E-state index is -0.683. The van der Waals surface area contributed by atoms with Crippen molar-refractivity contribution in [3.05, 3.63) is 23.8 Å². The molecule has 1 aromatic rings. The van der Waals surface area contributed by atoms with Crippen molar-refractivity contribution in [3.63, 3.8) is 0 Å². The van der Waals surface area contributed by atoms with Crippen LogP contribution < -0.4 is 10.2 Å². The van der Waals surface area contributed by atoms with Gasteiger partial charge in [0.15, 0.2) is 0 Å². The zero-order chi connectivity index (χ0) is 14.2. The summed E-state index contributed by atoms with van der Waals surface area (Å²) in [5.74, 6) is -0.497. The predicted molar refractivity (Wildman–Crippen MR) is 73.5 cm³/mol. The van der Waals surface area contributed by atoms with Gasteiger partial charge in [0.2, 0.25) is 0 Å². The Kier molecular flexibility index (Phi) is 3.22. The number of carbonyl (C=O) groups is 2. The first-order valence-electron chi connectivity index (χ1n) is 6.24. The first-order valence-corrected chi connectivity index (χ1v) is 6.24. The van der Waals surface area contributed by atoms with Crippen molar-refractivity contribution >= 4 is 23.3 Å². The lowest BCUT2D eigenvalue weighted by atomic mass is 9.96. The third-order valence-corrected chi connectivity index (χ3v) is 3.25. The van der Waals surface area contributed by atoms with E-state index in [1.807, 2.05) is 26.8 Å². The average Bonchev–Trinajstić information content (AvgIpc) is 2.38. The molecule has 0 unspecified atom stereocenters. The topological polar surface area (TPSA) is 58.6 Å². The van der Waals surface area contributed by atoms with Gasteiger partial charge in [0.25, 0.3) is 5.91 Å². The molecule has 5 nitrogen and oxygen atoms in total. The maximum atomic E-state index is 12.4. The summed E-state index contributed by atoms with van der Waals surface area (Å²) >= 11 is 0. The van der Waals surface area contributed by atoms with Crippen molar-refractivity contribution in [2.45, 2.75) is 26.3 Å². The van der Waals surface area contributed by atoms with E-state index in [-0.39, 0.29) is 5.91 Å². The van der Waals surface area contributed by atoms with Crippen LogP contribution in [0, 0.1) is 0 Å². The zero-order valence-electron chi connectivity index (χ0n) is 11.6. The number of carbonyl (C=O) groups excluding carboxylic acids is 2. The molecule has 5 heteroatoms. The summed E-state index contributed by atoms with van der Waals surface area (Å²) in [5, 5.41) is 3.17. The molecular weight excluding hydrogens is 244 g/mol. The second-order valence-corrected chi connectivity index (χ2v) is 4.99. The summed E-state index contributed by atoms with van der Waals surface area (Å²) in [6.45, 7) is 6.04. The Morgan fingerprint density at radius 3 is 2.68 bits per heavy atom. The van der Waals surface area contributed by atoms with Gasteiger partial charge in [-0.3, -0.25) is 4.79 Å². The number of hydrogen-bond acceptors (Lipinski definition) is 4. The SMILES string of the molecule is CCN1C(=O)C(C)(C)Nc2cccc(C(=O)OC)c21. The molecule has 19 heavy (non-hydrogen) atoms. The van der Waals surface area contributed by atoms with Gasteiger partial charge in [0.1, 0.15) is 5.54 Å². The number of nitrogens with one attached hydrogen (secondary N) is 1. The van der Waals surface area contributed by atoms with E-state index in [0.717, 1.165) is 5.69 Å². The Labute approximate surface area is 112 Å². The molecule has 2 rings (SSSR count). The number of para-hydroxylation sites is 1. The number of anilines is 2. The molecule has 0 fully saturated rings. The van der Waals surface area contributed by atoms with Crippen LogP contribution in [0.25, 0.3) is 0 Å². The minimum absolute atomic E-state index is 0.0566. The predicted octanol–water partition coefficient (Wildman–Crippen LogP) is 2.03. The summed E-state index contributed by atoms with van der Waals surface area (Å²) in [6, 6.07) is 5.30. The molecule has 0 radical (unpaired) electrons. The van der Waals surface area contributed by atoms with E-state index < -0.39 is 11.5 Å². The normalized spacial score (nSPS) is 16.6. The molecule has 1 N–H and O–H groups in total. The highest BCUT2D eigenvalue weighted by Crippen LogP contribution is 2.38. The van der Waals surface area contributed by atoms with E-state index in [0.29, 0.717) is 17.8 Å². The fraction of sp³-hybridized carbons (Fsp3) is 0.429. The van der Waals surface area contributed by atoms with Crippen molar-refractivity contribution in [1.29, 1.82) is 0 Å². The van der Waals surface area contributed by atoms with Crippen LogP contribution in [0.15, 0.2) is 18.2 Å². The maximum Gasteiger partial charge on any atom is 0.340 e. The molecule has 102 valence electrons. The van der Waals surface area contributed by atoms with Crippen LogP contribution in [0.1, 0.15) is 31.1 Å². The fourth-order valence-electron chi connectivity index (χ4n) is 2.34. The molecule has 0 bridgehead atoms.